The molecule has 146 valence electrons. The summed E-state index contributed by atoms with van der Waals surface area (Å²) in [5, 5.41) is 9.47. The summed E-state index contributed by atoms with van der Waals surface area (Å²) in [5.41, 5.74) is 2.19. The summed E-state index contributed by atoms with van der Waals surface area (Å²) in [6.45, 7) is 1.92. The third-order valence-corrected chi connectivity index (χ3v) is 5.63. The van der Waals surface area contributed by atoms with Gasteiger partial charge in [0.05, 0.1) is 17.0 Å². The Labute approximate surface area is 167 Å². The smallest absolute Gasteiger partial charge is 0.253 e. The number of carbonyl (C=O) groups excluding carboxylic acids is 2. The van der Waals surface area contributed by atoms with Crippen molar-refractivity contribution in [1.82, 2.24) is 9.80 Å². The van der Waals surface area contributed by atoms with Crippen molar-refractivity contribution < 1.29 is 19.1 Å². The predicted molar refractivity (Wildman–Crippen MR) is 103 cm³/mol. The number of halogens is 2. The van der Waals surface area contributed by atoms with Crippen LogP contribution in [0.1, 0.15) is 16.8 Å². The van der Waals surface area contributed by atoms with E-state index >= 15 is 0 Å². The lowest BCUT2D eigenvalue weighted by Crippen LogP contribution is -2.51. The van der Waals surface area contributed by atoms with Crippen LogP contribution in [-0.2, 0) is 4.79 Å². The van der Waals surface area contributed by atoms with E-state index in [-0.39, 0.29) is 22.8 Å². The molecule has 1 aliphatic heterocycles. The summed E-state index contributed by atoms with van der Waals surface area (Å²) < 4.78 is 13.3. The standard InChI is InChI=1S/C21H20ClFN2O3/c22-17-11-15(5-6-18(17)23)13-1-3-14(4-2-13)20(27)24-7-9-25(10-8-24)21(28)16-12-19(16)26/h1-6,11,16,19,26H,7-10,12H2. The van der Waals surface area contributed by atoms with Crippen molar-refractivity contribution in [2.75, 3.05) is 26.2 Å². The minimum absolute atomic E-state index is 0.0121. The molecule has 0 spiro atoms. The van der Waals surface area contributed by atoms with Crippen LogP contribution in [0.25, 0.3) is 11.1 Å². The summed E-state index contributed by atoms with van der Waals surface area (Å²) in [4.78, 5) is 28.4. The van der Waals surface area contributed by atoms with Crippen molar-refractivity contribution in [3.05, 3.63) is 58.9 Å². The maximum absolute atomic E-state index is 13.3. The summed E-state index contributed by atoms with van der Waals surface area (Å²) in [6.07, 6.45) is 0.0468. The molecule has 0 aromatic heterocycles. The fourth-order valence-corrected chi connectivity index (χ4v) is 3.66. The first-order valence-corrected chi connectivity index (χ1v) is 9.63. The van der Waals surface area contributed by atoms with Gasteiger partial charge in [0, 0.05) is 31.7 Å². The molecule has 2 aliphatic rings. The Morgan fingerprint density at radius 2 is 1.54 bits per heavy atom. The summed E-state index contributed by atoms with van der Waals surface area (Å²) in [6, 6.07) is 11.6. The van der Waals surface area contributed by atoms with E-state index in [4.69, 9.17) is 11.6 Å². The van der Waals surface area contributed by atoms with Crippen LogP contribution in [-0.4, -0.2) is 59.0 Å². The van der Waals surface area contributed by atoms with Gasteiger partial charge in [-0.05, 0) is 41.8 Å². The Balaban J connectivity index is 1.38. The van der Waals surface area contributed by atoms with Crippen molar-refractivity contribution in [3.63, 3.8) is 0 Å². The lowest BCUT2D eigenvalue weighted by Gasteiger charge is -2.35. The minimum atomic E-state index is -0.498. The maximum atomic E-state index is 13.3. The number of aliphatic hydroxyl groups is 1. The van der Waals surface area contributed by atoms with Crippen molar-refractivity contribution >= 4 is 23.4 Å². The minimum Gasteiger partial charge on any atom is -0.392 e. The third-order valence-electron chi connectivity index (χ3n) is 5.34. The van der Waals surface area contributed by atoms with Crippen LogP contribution >= 0.6 is 11.6 Å². The highest BCUT2D eigenvalue weighted by Gasteiger charge is 2.44. The zero-order valence-corrected chi connectivity index (χ0v) is 15.9. The van der Waals surface area contributed by atoms with Gasteiger partial charge in [0.2, 0.25) is 5.91 Å². The second-order valence-corrected chi connectivity index (χ2v) is 7.64. The fraction of sp³-hybridized carbons (Fsp3) is 0.333. The largest absolute Gasteiger partial charge is 0.392 e. The molecule has 2 fully saturated rings. The lowest BCUT2D eigenvalue weighted by molar-refractivity contribution is -0.134. The summed E-state index contributed by atoms with van der Waals surface area (Å²) in [7, 11) is 0. The Hall–Kier alpha value is -2.44. The van der Waals surface area contributed by atoms with Gasteiger partial charge in [0.1, 0.15) is 5.82 Å². The van der Waals surface area contributed by atoms with Gasteiger partial charge >= 0.3 is 0 Å². The van der Waals surface area contributed by atoms with E-state index in [0.29, 0.717) is 38.2 Å². The van der Waals surface area contributed by atoms with Crippen LogP contribution < -0.4 is 0 Å². The quantitative estimate of drug-likeness (QED) is 0.858. The third kappa shape index (κ3) is 3.75. The number of benzene rings is 2. The van der Waals surface area contributed by atoms with E-state index in [0.717, 1.165) is 11.1 Å². The van der Waals surface area contributed by atoms with E-state index in [9.17, 15) is 19.1 Å². The van der Waals surface area contributed by atoms with Gasteiger partial charge in [-0.15, -0.1) is 0 Å². The van der Waals surface area contributed by atoms with E-state index in [1.807, 2.05) is 12.1 Å². The highest BCUT2D eigenvalue weighted by molar-refractivity contribution is 6.31. The van der Waals surface area contributed by atoms with Gasteiger partial charge in [-0.1, -0.05) is 29.8 Å². The van der Waals surface area contributed by atoms with Gasteiger partial charge in [-0.25, -0.2) is 4.39 Å². The molecule has 1 N–H and O–H groups in total. The Bertz CT molecular complexity index is 910. The second kappa shape index (κ2) is 7.53. The molecule has 4 rings (SSSR count). The van der Waals surface area contributed by atoms with Crippen LogP contribution in [0.4, 0.5) is 4.39 Å². The predicted octanol–water partition coefficient (Wildman–Crippen LogP) is 2.81. The molecule has 2 unspecified atom stereocenters. The second-order valence-electron chi connectivity index (χ2n) is 7.23. The number of aliphatic hydroxyl groups excluding tert-OH is 1. The number of carbonyl (C=O) groups is 2. The van der Waals surface area contributed by atoms with E-state index in [1.165, 1.54) is 6.07 Å². The van der Waals surface area contributed by atoms with Crippen LogP contribution in [0.2, 0.25) is 5.02 Å². The molecule has 1 aliphatic carbocycles. The molecule has 0 radical (unpaired) electrons. The molecular weight excluding hydrogens is 383 g/mol. The fourth-order valence-electron chi connectivity index (χ4n) is 3.47. The van der Waals surface area contributed by atoms with Gasteiger partial charge in [0.25, 0.3) is 5.91 Å². The number of amides is 2. The van der Waals surface area contributed by atoms with Crippen molar-refractivity contribution in [3.8, 4) is 11.1 Å². The molecule has 1 saturated carbocycles. The highest BCUT2D eigenvalue weighted by atomic mass is 35.5. The lowest BCUT2D eigenvalue weighted by atomic mass is 10.0. The van der Waals surface area contributed by atoms with Crippen LogP contribution in [0, 0.1) is 11.7 Å². The molecular formula is C21H20ClFN2O3. The Morgan fingerprint density at radius 3 is 2.11 bits per heavy atom. The first-order valence-electron chi connectivity index (χ1n) is 9.25. The topological polar surface area (TPSA) is 60.9 Å². The van der Waals surface area contributed by atoms with Crippen molar-refractivity contribution in [2.45, 2.75) is 12.5 Å². The van der Waals surface area contributed by atoms with E-state index < -0.39 is 11.9 Å². The zero-order valence-electron chi connectivity index (χ0n) is 15.1. The zero-order chi connectivity index (χ0) is 19.8. The normalized spacial score (nSPS) is 21.5. The number of hydrogen-bond acceptors (Lipinski definition) is 3. The first kappa shape index (κ1) is 18.9. The van der Waals surface area contributed by atoms with Crippen LogP contribution in [0.15, 0.2) is 42.5 Å². The molecule has 5 nitrogen and oxygen atoms in total. The average Bonchev–Trinajstić information content (AvgIpc) is 3.46. The molecule has 28 heavy (non-hydrogen) atoms. The number of nitrogens with zero attached hydrogens (tertiary/aromatic N) is 2. The first-order chi connectivity index (χ1) is 13.4. The summed E-state index contributed by atoms with van der Waals surface area (Å²) in [5.74, 6) is -0.815. The Kier molecular flexibility index (Phi) is 5.08. The van der Waals surface area contributed by atoms with Gasteiger partial charge in [-0.3, -0.25) is 9.59 Å². The van der Waals surface area contributed by atoms with E-state index in [1.54, 1.807) is 34.1 Å². The monoisotopic (exact) mass is 402 g/mol. The highest BCUT2D eigenvalue weighted by Crippen LogP contribution is 2.32. The molecule has 2 aromatic rings. The molecule has 0 bridgehead atoms. The SMILES string of the molecule is O=C(c1ccc(-c2ccc(F)c(Cl)c2)cc1)N1CCN(C(=O)C2CC2O)CC1. The van der Waals surface area contributed by atoms with Gasteiger partial charge < -0.3 is 14.9 Å². The molecule has 2 aromatic carbocycles. The average molecular weight is 403 g/mol. The van der Waals surface area contributed by atoms with Crippen molar-refractivity contribution in [2.24, 2.45) is 5.92 Å². The number of hydrogen-bond donors (Lipinski definition) is 1. The molecule has 1 heterocycles. The number of rotatable bonds is 3. The van der Waals surface area contributed by atoms with Crippen LogP contribution in [0.3, 0.4) is 0 Å². The van der Waals surface area contributed by atoms with Crippen molar-refractivity contribution in [1.29, 1.82) is 0 Å². The van der Waals surface area contributed by atoms with Crippen LogP contribution in [0.5, 0.6) is 0 Å². The Morgan fingerprint density at radius 1 is 0.964 bits per heavy atom. The van der Waals surface area contributed by atoms with E-state index in [2.05, 4.69) is 0 Å². The maximum Gasteiger partial charge on any atom is 0.253 e. The number of piperazine rings is 1. The molecule has 1 saturated heterocycles. The van der Waals surface area contributed by atoms with Gasteiger partial charge in [-0.2, -0.15) is 0 Å². The molecule has 7 heteroatoms. The van der Waals surface area contributed by atoms with Gasteiger partial charge in [0.15, 0.2) is 0 Å². The molecule has 2 amide bonds. The molecule has 2 atom stereocenters. The summed E-state index contributed by atoms with van der Waals surface area (Å²) >= 11 is 5.83.